The van der Waals surface area contributed by atoms with Crippen molar-refractivity contribution in [2.24, 2.45) is 0 Å². The van der Waals surface area contributed by atoms with Crippen LogP contribution in [0.4, 0.5) is 24.8 Å². The van der Waals surface area contributed by atoms with Gasteiger partial charge in [-0.2, -0.15) is 13.2 Å². The van der Waals surface area contributed by atoms with Crippen molar-refractivity contribution >= 4 is 11.6 Å². The van der Waals surface area contributed by atoms with Crippen LogP contribution >= 0.6 is 0 Å². The van der Waals surface area contributed by atoms with Crippen molar-refractivity contribution in [3.63, 3.8) is 0 Å². The fraction of sp³-hybridized carbons (Fsp3) is 0.643. The van der Waals surface area contributed by atoms with Gasteiger partial charge in [-0.1, -0.05) is 0 Å². The molecule has 4 nitrogen and oxygen atoms in total. The first-order chi connectivity index (χ1) is 9.90. The highest BCUT2D eigenvalue weighted by Crippen LogP contribution is 2.32. The zero-order valence-corrected chi connectivity index (χ0v) is 12.1. The molecule has 0 amide bonds. The van der Waals surface area contributed by atoms with Gasteiger partial charge in [-0.25, -0.2) is 4.98 Å². The summed E-state index contributed by atoms with van der Waals surface area (Å²) < 4.78 is 44.3. The number of hydrogen-bond donors (Lipinski definition) is 2. The molecule has 2 N–H and O–H groups in total. The third-order valence-electron chi connectivity index (χ3n) is 3.41. The molecule has 0 aromatic carbocycles. The number of pyridine rings is 1. The lowest BCUT2D eigenvalue weighted by Gasteiger charge is -2.21. The highest BCUT2D eigenvalue weighted by Gasteiger charge is 2.32. The van der Waals surface area contributed by atoms with E-state index in [-0.39, 0.29) is 23.8 Å². The summed E-state index contributed by atoms with van der Waals surface area (Å²) in [6, 6.07) is 1.97. The molecule has 2 rings (SSSR count). The fourth-order valence-electron chi connectivity index (χ4n) is 2.36. The number of anilines is 2. The first-order valence-electron chi connectivity index (χ1n) is 7.11. The molecule has 2 heterocycles. The van der Waals surface area contributed by atoms with Crippen LogP contribution in [0.25, 0.3) is 0 Å². The van der Waals surface area contributed by atoms with Gasteiger partial charge in [-0.05, 0) is 38.8 Å². The first-order valence-corrected chi connectivity index (χ1v) is 7.11. The number of rotatable bonds is 5. The van der Waals surface area contributed by atoms with Gasteiger partial charge in [0.15, 0.2) is 0 Å². The average Bonchev–Trinajstić information content (AvgIpc) is 2.91. The van der Waals surface area contributed by atoms with Crippen molar-refractivity contribution in [2.75, 3.05) is 23.8 Å². The SMILES string of the molecule is CCNc1cc(C(F)(F)F)cc(NC(C)C2CCCO2)n1. The third kappa shape index (κ3) is 4.23. The molecule has 1 aliphatic rings. The second-order valence-corrected chi connectivity index (χ2v) is 5.14. The standard InChI is InChI=1S/C14H20F3N3O/c1-3-18-12-7-10(14(15,16)17)8-13(20-12)19-9(2)11-5-4-6-21-11/h7-9,11H,3-6H2,1-2H3,(H2,18,19,20). The largest absolute Gasteiger partial charge is 0.416 e. The quantitative estimate of drug-likeness (QED) is 0.874. The number of nitrogens with one attached hydrogen (secondary N) is 2. The van der Waals surface area contributed by atoms with Gasteiger partial charge in [0, 0.05) is 13.2 Å². The number of ether oxygens (including phenoxy) is 1. The third-order valence-corrected chi connectivity index (χ3v) is 3.41. The van der Waals surface area contributed by atoms with Crippen LogP contribution in [0.5, 0.6) is 0 Å². The molecule has 1 aromatic heterocycles. The Kier molecular flexibility index (Phi) is 4.92. The number of hydrogen-bond acceptors (Lipinski definition) is 4. The minimum atomic E-state index is -4.39. The van der Waals surface area contributed by atoms with E-state index in [4.69, 9.17) is 4.74 Å². The van der Waals surface area contributed by atoms with Crippen LogP contribution in [-0.4, -0.2) is 30.3 Å². The first kappa shape index (κ1) is 15.9. The molecule has 0 radical (unpaired) electrons. The van der Waals surface area contributed by atoms with Crippen molar-refractivity contribution in [1.82, 2.24) is 4.98 Å². The molecule has 1 aromatic rings. The molecule has 0 spiro atoms. The smallest absolute Gasteiger partial charge is 0.376 e. The number of halogens is 3. The van der Waals surface area contributed by atoms with Crippen molar-refractivity contribution < 1.29 is 17.9 Å². The van der Waals surface area contributed by atoms with Gasteiger partial charge >= 0.3 is 6.18 Å². The number of alkyl halides is 3. The van der Waals surface area contributed by atoms with Crippen LogP contribution in [0.15, 0.2) is 12.1 Å². The highest BCUT2D eigenvalue weighted by atomic mass is 19.4. The minimum Gasteiger partial charge on any atom is -0.376 e. The average molecular weight is 303 g/mol. The van der Waals surface area contributed by atoms with Gasteiger partial charge in [-0.15, -0.1) is 0 Å². The van der Waals surface area contributed by atoms with Gasteiger partial charge in [0.1, 0.15) is 11.6 Å². The molecule has 0 bridgehead atoms. The summed E-state index contributed by atoms with van der Waals surface area (Å²) in [6.07, 6.45) is -2.48. The van der Waals surface area contributed by atoms with Crippen LogP contribution in [0, 0.1) is 0 Å². The molecular weight excluding hydrogens is 283 g/mol. The van der Waals surface area contributed by atoms with Gasteiger partial charge in [-0.3, -0.25) is 0 Å². The summed E-state index contributed by atoms with van der Waals surface area (Å²) in [5.41, 5.74) is -0.713. The van der Waals surface area contributed by atoms with Crippen molar-refractivity contribution in [3.8, 4) is 0 Å². The lowest BCUT2D eigenvalue weighted by molar-refractivity contribution is -0.137. The Labute approximate surface area is 122 Å². The van der Waals surface area contributed by atoms with E-state index in [1.54, 1.807) is 0 Å². The summed E-state index contributed by atoms with van der Waals surface area (Å²) in [4.78, 5) is 4.17. The molecule has 1 saturated heterocycles. The van der Waals surface area contributed by atoms with Gasteiger partial charge in [0.05, 0.1) is 17.7 Å². The lowest BCUT2D eigenvalue weighted by Crippen LogP contribution is -2.30. The predicted molar refractivity (Wildman–Crippen MR) is 75.5 cm³/mol. The second kappa shape index (κ2) is 6.51. The molecule has 118 valence electrons. The maximum absolute atomic E-state index is 12.9. The summed E-state index contributed by atoms with van der Waals surface area (Å²) in [5.74, 6) is 0.429. The molecule has 21 heavy (non-hydrogen) atoms. The van der Waals surface area contributed by atoms with Crippen LogP contribution < -0.4 is 10.6 Å². The molecule has 2 unspecified atom stereocenters. The molecular formula is C14H20F3N3O. The number of nitrogens with zero attached hydrogens (tertiary/aromatic N) is 1. The van der Waals surface area contributed by atoms with E-state index in [1.165, 1.54) is 0 Å². The summed E-state index contributed by atoms with van der Waals surface area (Å²) in [7, 11) is 0. The van der Waals surface area contributed by atoms with Crippen LogP contribution in [0.3, 0.4) is 0 Å². The topological polar surface area (TPSA) is 46.2 Å². The molecule has 0 aliphatic carbocycles. The Morgan fingerprint density at radius 3 is 2.67 bits per heavy atom. The Hall–Kier alpha value is -1.50. The minimum absolute atomic E-state index is 0.0175. The number of aromatic nitrogens is 1. The van der Waals surface area contributed by atoms with Gasteiger partial charge < -0.3 is 15.4 Å². The monoisotopic (exact) mass is 303 g/mol. The highest BCUT2D eigenvalue weighted by molar-refractivity contribution is 5.50. The second-order valence-electron chi connectivity index (χ2n) is 5.14. The molecule has 7 heteroatoms. The fourth-order valence-corrected chi connectivity index (χ4v) is 2.36. The van der Waals surface area contributed by atoms with Crippen LogP contribution in [-0.2, 0) is 10.9 Å². The summed E-state index contributed by atoms with van der Waals surface area (Å²) >= 11 is 0. The van der Waals surface area contributed by atoms with Crippen molar-refractivity contribution in [2.45, 2.75) is 45.0 Å². The Morgan fingerprint density at radius 2 is 2.10 bits per heavy atom. The molecule has 1 aliphatic heterocycles. The van der Waals surface area contributed by atoms with Gasteiger partial charge in [0.2, 0.25) is 0 Å². The van der Waals surface area contributed by atoms with E-state index < -0.39 is 11.7 Å². The summed E-state index contributed by atoms with van der Waals surface area (Å²) in [5, 5.41) is 5.84. The van der Waals surface area contributed by atoms with E-state index in [2.05, 4.69) is 15.6 Å². The van der Waals surface area contributed by atoms with E-state index in [9.17, 15) is 13.2 Å². The van der Waals surface area contributed by atoms with Crippen LogP contribution in [0.2, 0.25) is 0 Å². The Balaban J connectivity index is 2.18. The Morgan fingerprint density at radius 1 is 1.38 bits per heavy atom. The maximum Gasteiger partial charge on any atom is 0.416 e. The zero-order valence-electron chi connectivity index (χ0n) is 12.1. The van der Waals surface area contributed by atoms with Crippen molar-refractivity contribution in [3.05, 3.63) is 17.7 Å². The van der Waals surface area contributed by atoms with E-state index >= 15 is 0 Å². The van der Waals surface area contributed by atoms with E-state index in [0.29, 0.717) is 13.2 Å². The molecule has 1 fully saturated rings. The molecule has 2 atom stereocenters. The summed E-state index contributed by atoms with van der Waals surface area (Å²) in [6.45, 7) is 4.92. The zero-order chi connectivity index (χ0) is 15.5. The molecule has 0 saturated carbocycles. The predicted octanol–water partition coefficient (Wildman–Crippen LogP) is 3.51. The van der Waals surface area contributed by atoms with Crippen LogP contribution in [0.1, 0.15) is 32.3 Å². The lowest BCUT2D eigenvalue weighted by atomic mass is 10.1. The van der Waals surface area contributed by atoms with E-state index in [0.717, 1.165) is 25.0 Å². The van der Waals surface area contributed by atoms with Crippen molar-refractivity contribution in [1.29, 1.82) is 0 Å². The maximum atomic E-state index is 12.9. The van der Waals surface area contributed by atoms with Gasteiger partial charge in [0.25, 0.3) is 0 Å². The van der Waals surface area contributed by atoms with E-state index in [1.807, 2.05) is 13.8 Å². The Bertz CT molecular complexity index is 473. The normalized spacial score (nSPS) is 20.3.